The number of methoxy groups -OCH3 is 1. The third-order valence-corrected chi connectivity index (χ3v) is 4.09. The molecule has 1 saturated heterocycles. The molecule has 1 fully saturated rings. The highest BCUT2D eigenvalue weighted by atomic mass is 35.5. The Balaban J connectivity index is 0.00000288. The third kappa shape index (κ3) is 6.21. The maximum atomic E-state index is 11.9. The van der Waals surface area contributed by atoms with Gasteiger partial charge in [-0.3, -0.25) is 4.79 Å². The quantitative estimate of drug-likeness (QED) is 0.727. The summed E-state index contributed by atoms with van der Waals surface area (Å²) in [6, 6.07) is 5.97. The van der Waals surface area contributed by atoms with Gasteiger partial charge in [0.25, 0.3) is 0 Å². The molecule has 0 bridgehead atoms. The van der Waals surface area contributed by atoms with Crippen LogP contribution in [0, 0.1) is 0 Å². The van der Waals surface area contributed by atoms with Crippen molar-refractivity contribution in [2.45, 2.75) is 39.2 Å². The predicted octanol–water partition coefficient (Wildman–Crippen LogP) is 3.01. The number of hydrogen-bond donors (Lipinski definition) is 1. The number of carbonyl (C=O) groups excluding carboxylic acids is 1. The molecule has 2 rings (SSSR count). The Morgan fingerprint density at radius 1 is 1.21 bits per heavy atom. The molecule has 0 saturated carbocycles. The number of halogens is 1. The molecule has 24 heavy (non-hydrogen) atoms. The van der Waals surface area contributed by atoms with Gasteiger partial charge in [-0.05, 0) is 37.5 Å². The molecule has 1 amide bonds. The molecular formula is C18H29ClN2O3. The van der Waals surface area contributed by atoms with Crippen molar-refractivity contribution in [3.63, 3.8) is 0 Å². The first-order valence-electron chi connectivity index (χ1n) is 8.52. The first-order chi connectivity index (χ1) is 11.2. The van der Waals surface area contributed by atoms with E-state index in [4.69, 9.17) is 9.47 Å². The maximum Gasteiger partial charge on any atom is 0.222 e. The summed E-state index contributed by atoms with van der Waals surface area (Å²) in [6.45, 7) is 5.82. The number of likely N-dealkylation sites (tertiary alicyclic amines) is 1. The smallest absolute Gasteiger partial charge is 0.222 e. The molecule has 136 valence electrons. The standard InChI is InChI=1S/C18H28N2O3.ClH/c1-3-23-17-13-15(8-9-16(17)22-2)14-19-10-12-20-11-6-4-5-7-18(20)21;/h8-9,13,19H,3-7,10-12,14H2,1-2H3;1H. The lowest BCUT2D eigenvalue weighted by molar-refractivity contribution is -0.130. The number of hydrogen-bond acceptors (Lipinski definition) is 4. The minimum absolute atomic E-state index is 0. The molecule has 6 heteroatoms. The van der Waals surface area contributed by atoms with Gasteiger partial charge in [0.1, 0.15) is 0 Å². The SMILES string of the molecule is CCOc1cc(CNCCN2CCCCCC2=O)ccc1OC.Cl. The van der Waals surface area contributed by atoms with E-state index in [-0.39, 0.29) is 12.4 Å². The van der Waals surface area contributed by atoms with E-state index in [0.717, 1.165) is 56.1 Å². The van der Waals surface area contributed by atoms with Crippen molar-refractivity contribution in [1.29, 1.82) is 0 Å². The van der Waals surface area contributed by atoms with Crippen LogP contribution in [0.15, 0.2) is 18.2 Å². The van der Waals surface area contributed by atoms with Crippen LogP contribution >= 0.6 is 12.4 Å². The second-order valence-corrected chi connectivity index (χ2v) is 5.79. The molecule has 0 radical (unpaired) electrons. The molecule has 0 atom stereocenters. The zero-order valence-corrected chi connectivity index (χ0v) is 15.5. The monoisotopic (exact) mass is 356 g/mol. The van der Waals surface area contributed by atoms with Crippen molar-refractivity contribution in [3.05, 3.63) is 23.8 Å². The van der Waals surface area contributed by atoms with Gasteiger partial charge in [-0.25, -0.2) is 0 Å². The van der Waals surface area contributed by atoms with Gasteiger partial charge in [-0.1, -0.05) is 12.5 Å². The number of ether oxygens (including phenoxy) is 2. The number of carbonyl (C=O) groups is 1. The van der Waals surface area contributed by atoms with Crippen LogP contribution in [0.4, 0.5) is 0 Å². The first-order valence-corrected chi connectivity index (χ1v) is 8.52. The van der Waals surface area contributed by atoms with Crippen LogP contribution in [-0.4, -0.2) is 44.2 Å². The Labute approximate surface area is 151 Å². The summed E-state index contributed by atoms with van der Waals surface area (Å²) in [7, 11) is 1.65. The molecule has 1 aromatic rings. The van der Waals surface area contributed by atoms with Gasteiger partial charge in [0.05, 0.1) is 13.7 Å². The van der Waals surface area contributed by atoms with Gasteiger partial charge in [0.2, 0.25) is 5.91 Å². The Bertz CT molecular complexity index is 511. The largest absolute Gasteiger partial charge is 0.493 e. The van der Waals surface area contributed by atoms with Crippen LogP contribution < -0.4 is 14.8 Å². The molecule has 1 heterocycles. The van der Waals surface area contributed by atoms with Crippen LogP contribution in [0.25, 0.3) is 0 Å². The Morgan fingerprint density at radius 3 is 2.79 bits per heavy atom. The van der Waals surface area contributed by atoms with E-state index >= 15 is 0 Å². The van der Waals surface area contributed by atoms with Gasteiger partial charge in [0.15, 0.2) is 11.5 Å². The fourth-order valence-electron chi connectivity index (χ4n) is 2.82. The van der Waals surface area contributed by atoms with Crippen LogP contribution in [0.3, 0.4) is 0 Å². The Morgan fingerprint density at radius 2 is 2.04 bits per heavy atom. The van der Waals surface area contributed by atoms with Gasteiger partial charge >= 0.3 is 0 Å². The Hall–Kier alpha value is -1.46. The molecule has 0 spiro atoms. The van der Waals surface area contributed by atoms with E-state index in [0.29, 0.717) is 18.9 Å². The molecule has 1 N–H and O–H groups in total. The predicted molar refractivity (Wildman–Crippen MR) is 98.2 cm³/mol. The van der Waals surface area contributed by atoms with Crippen molar-refractivity contribution in [2.24, 2.45) is 0 Å². The highest BCUT2D eigenvalue weighted by Gasteiger charge is 2.15. The Kier molecular flexibility index (Phi) is 9.57. The van der Waals surface area contributed by atoms with Crippen LogP contribution in [0.2, 0.25) is 0 Å². The number of nitrogens with zero attached hydrogens (tertiary/aromatic N) is 1. The fourth-order valence-corrected chi connectivity index (χ4v) is 2.82. The van der Waals surface area contributed by atoms with Crippen molar-refractivity contribution < 1.29 is 14.3 Å². The molecule has 1 aliphatic rings. The summed E-state index contributed by atoms with van der Waals surface area (Å²) in [6.07, 6.45) is 4.04. The van der Waals surface area contributed by atoms with E-state index in [2.05, 4.69) is 5.32 Å². The minimum atomic E-state index is 0. The lowest BCUT2D eigenvalue weighted by Crippen LogP contribution is -2.36. The van der Waals surface area contributed by atoms with E-state index in [9.17, 15) is 4.79 Å². The maximum absolute atomic E-state index is 11.9. The first kappa shape index (κ1) is 20.6. The second-order valence-electron chi connectivity index (χ2n) is 5.79. The van der Waals surface area contributed by atoms with E-state index in [1.807, 2.05) is 30.0 Å². The zero-order chi connectivity index (χ0) is 16.5. The average Bonchev–Trinajstić information content (AvgIpc) is 2.77. The zero-order valence-electron chi connectivity index (χ0n) is 14.7. The van der Waals surface area contributed by atoms with Crippen molar-refractivity contribution >= 4 is 18.3 Å². The minimum Gasteiger partial charge on any atom is -0.493 e. The molecular weight excluding hydrogens is 328 g/mol. The number of amides is 1. The van der Waals surface area contributed by atoms with Crippen molar-refractivity contribution in [3.8, 4) is 11.5 Å². The normalized spacial score (nSPS) is 14.8. The summed E-state index contributed by atoms with van der Waals surface area (Å²) in [5.74, 6) is 1.83. The van der Waals surface area contributed by atoms with Crippen molar-refractivity contribution in [2.75, 3.05) is 33.4 Å². The highest BCUT2D eigenvalue weighted by molar-refractivity contribution is 5.85. The fraction of sp³-hybridized carbons (Fsp3) is 0.611. The molecule has 0 unspecified atom stereocenters. The van der Waals surface area contributed by atoms with Crippen LogP contribution in [0.1, 0.15) is 38.2 Å². The highest BCUT2D eigenvalue weighted by Crippen LogP contribution is 2.27. The molecule has 0 aromatic heterocycles. The molecule has 0 aliphatic carbocycles. The summed E-state index contributed by atoms with van der Waals surface area (Å²) in [5, 5.41) is 3.41. The lowest BCUT2D eigenvalue weighted by Gasteiger charge is -2.20. The van der Waals surface area contributed by atoms with Gasteiger partial charge in [-0.2, -0.15) is 0 Å². The summed E-state index contributed by atoms with van der Waals surface area (Å²) in [5.41, 5.74) is 1.15. The van der Waals surface area contributed by atoms with E-state index in [1.165, 1.54) is 6.42 Å². The number of rotatable bonds is 8. The molecule has 1 aliphatic heterocycles. The summed E-state index contributed by atoms with van der Waals surface area (Å²) in [4.78, 5) is 13.9. The van der Waals surface area contributed by atoms with Crippen LogP contribution in [0.5, 0.6) is 11.5 Å². The van der Waals surface area contributed by atoms with Gasteiger partial charge in [-0.15, -0.1) is 12.4 Å². The van der Waals surface area contributed by atoms with Crippen molar-refractivity contribution in [1.82, 2.24) is 10.2 Å². The second kappa shape index (κ2) is 11.2. The number of benzene rings is 1. The average molecular weight is 357 g/mol. The van der Waals surface area contributed by atoms with Crippen LogP contribution in [-0.2, 0) is 11.3 Å². The number of nitrogens with one attached hydrogen (secondary N) is 1. The topological polar surface area (TPSA) is 50.8 Å². The molecule has 1 aromatic carbocycles. The third-order valence-electron chi connectivity index (χ3n) is 4.09. The molecule has 5 nitrogen and oxygen atoms in total. The van der Waals surface area contributed by atoms with Gasteiger partial charge < -0.3 is 19.7 Å². The van der Waals surface area contributed by atoms with Gasteiger partial charge in [0, 0.05) is 32.6 Å². The lowest BCUT2D eigenvalue weighted by atomic mass is 10.2. The summed E-state index contributed by atoms with van der Waals surface area (Å²) >= 11 is 0. The van der Waals surface area contributed by atoms with E-state index < -0.39 is 0 Å². The van der Waals surface area contributed by atoms with E-state index in [1.54, 1.807) is 7.11 Å². The summed E-state index contributed by atoms with van der Waals surface area (Å²) < 4.78 is 10.9.